The summed E-state index contributed by atoms with van der Waals surface area (Å²) in [7, 11) is 0. The van der Waals surface area contributed by atoms with E-state index in [1.807, 2.05) is 30.3 Å². The van der Waals surface area contributed by atoms with Crippen molar-refractivity contribution in [2.45, 2.75) is 12.5 Å². The average molecular weight is 307 g/mol. The first-order valence-electron chi connectivity index (χ1n) is 5.01. The number of rotatable bonds is 3. The third kappa shape index (κ3) is 3.15. The second-order valence-corrected chi connectivity index (χ2v) is 6.21. The Morgan fingerprint density at radius 1 is 1.06 bits per heavy atom. The van der Waals surface area contributed by atoms with Crippen LogP contribution in [0.3, 0.4) is 0 Å². The monoisotopic (exact) mass is 305 g/mol. The molecule has 0 spiro atoms. The first kappa shape index (κ1) is 13.2. The van der Waals surface area contributed by atoms with E-state index in [1.54, 1.807) is 0 Å². The molecular weight excluding hydrogens is 297 g/mol. The van der Waals surface area contributed by atoms with Crippen molar-refractivity contribution in [2.24, 2.45) is 5.73 Å². The van der Waals surface area contributed by atoms with Gasteiger partial charge < -0.3 is 5.73 Å². The quantitative estimate of drug-likeness (QED) is 0.853. The molecule has 0 aliphatic heterocycles. The van der Waals surface area contributed by atoms with Crippen molar-refractivity contribution in [3.8, 4) is 0 Å². The van der Waals surface area contributed by atoms with Crippen LogP contribution < -0.4 is 5.73 Å². The fourth-order valence-corrected chi connectivity index (χ4v) is 3.19. The van der Waals surface area contributed by atoms with Gasteiger partial charge in [-0.2, -0.15) is 0 Å². The predicted octanol–water partition coefficient (Wildman–Crippen LogP) is 4.95. The molecule has 1 atom stereocenters. The van der Waals surface area contributed by atoms with Crippen LogP contribution in [-0.4, -0.2) is 0 Å². The van der Waals surface area contributed by atoms with Crippen LogP contribution in [0.1, 0.15) is 16.5 Å². The van der Waals surface area contributed by atoms with Gasteiger partial charge in [0.2, 0.25) is 0 Å². The molecule has 0 bridgehead atoms. The van der Waals surface area contributed by atoms with Gasteiger partial charge in [-0.15, -0.1) is 11.3 Å². The zero-order valence-corrected chi connectivity index (χ0v) is 11.9. The number of halogens is 3. The molecule has 0 aliphatic carbocycles. The molecule has 1 unspecified atom stereocenters. The molecule has 0 aliphatic rings. The summed E-state index contributed by atoms with van der Waals surface area (Å²) >= 11 is 19.6. The highest BCUT2D eigenvalue weighted by atomic mass is 35.5. The summed E-state index contributed by atoms with van der Waals surface area (Å²) in [4.78, 5) is 1.03. The molecule has 17 heavy (non-hydrogen) atoms. The zero-order valence-electron chi connectivity index (χ0n) is 8.79. The Morgan fingerprint density at radius 3 is 2.24 bits per heavy atom. The van der Waals surface area contributed by atoms with E-state index < -0.39 is 0 Å². The lowest BCUT2D eigenvalue weighted by molar-refractivity contribution is 0.737. The summed E-state index contributed by atoms with van der Waals surface area (Å²) in [5, 5.41) is 1.30. The highest BCUT2D eigenvalue weighted by Gasteiger charge is 2.13. The Hall–Kier alpha value is -0.250. The summed E-state index contributed by atoms with van der Waals surface area (Å²) in [5.74, 6) is 0. The lowest BCUT2D eigenvalue weighted by Gasteiger charge is -2.12. The van der Waals surface area contributed by atoms with Crippen molar-refractivity contribution in [2.75, 3.05) is 0 Å². The fraction of sp³-hybridized carbons (Fsp3) is 0.167. The van der Waals surface area contributed by atoms with E-state index >= 15 is 0 Å². The maximum absolute atomic E-state index is 6.11. The van der Waals surface area contributed by atoms with Crippen LogP contribution in [0.15, 0.2) is 30.3 Å². The van der Waals surface area contributed by atoms with Crippen molar-refractivity contribution >= 4 is 46.1 Å². The predicted molar refractivity (Wildman–Crippen MR) is 76.4 cm³/mol. The summed E-state index contributed by atoms with van der Waals surface area (Å²) in [6, 6.07) is 9.10. The second-order valence-electron chi connectivity index (χ2n) is 3.65. The topological polar surface area (TPSA) is 26.0 Å². The van der Waals surface area contributed by atoms with Crippen LogP contribution in [0, 0.1) is 0 Å². The zero-order chi connectivity index (χ0) is 12.4. The third-order valence-electron chi connectivity index (χ3n) is 2.45. The molecule has 1 heterocycles. The average Bonchev–Trinajstić information content (AvgIpc) is 2.70. The van der Waals surface area contributed by atoms with E-state index in [0.29, 0.717) is 16.5 Å². The lowest BCUT2D eigenvalue weighted by Crippen LogP contribution is -2.12. The molecule has 0 saturated heterocycles. The van der Waals surface area contributed by atoms with Gasteiger partial charge in [0.1, 0.15) is 0 Å². The van der Waals surface area contributed by atoms with E-state index in [0.717, 1.165) is 14.8 Å². The highest BCUT2D eigenvalue weighted by molar-refractivity contribution is 7.16. The summed E-state index contributed by atoms with van der Waals surface area (Å²) in [6.45, 7) is 0. The molecule has 2 aromatic rings. The van der Waals surface area contributed by atoms with Crippen molar-refractivity contribution in [3.05, 3.63) is 55.2 Å². The van der Waals surface area contributed by atoms with Gasteiger partial charge in [0.15, 0.2) is 0 Å². The summed E-state index contributed by atoms with van der Waals surface area (Å²) in [5.41, 5.74) is 6.99. The van der Waals surface area contributed by atoms with Gasteiger partial charge in [-0.1, -0.05) is 40.9 Å². The van der Waals surface area contributed by atoms with Crippen molar-refractivity contribution in [1.82, 2.24) is 0 Å². The van der Waals surface area contributed by atoms with E-state index in [-0.39, 0.29) is 6.04 Å². The minimum Gasteiger partial charge on any atom is -0.323 e. The van der Waals surface area contributed by atoms with Crippen LogP contribution in [0.5, 0.6) is 0 Å². The molecule has 0 fully saturated rings. The van der Waals surface area contributed by atoms with Gasteiger partial charge in [-0.25, -0.2) is 0 Å². The molecule has 0 amide bonds. The van der Waals surface area contributed by atoms with Crippen LogP contribution in [-0.2, 0) is 6.42 Å². The Balaban J connectivity index is 2.21. The van der Waals surface area contributed by atoms with E-state index in [4.69, 9.17) is 40.5 Å². The fourth-order valence-electron chi connectivity index (χ4n) is 1.58. The molecule has 2 rings (SSSR count). The maximum atomic E-state index is 6.11. The molecule has 0 radical (unpaired) electrons. The number of hydrogen-bond donors (Lipinski definition) is 1. The Morgan fingerprint density at radius 2 is 1.71 bits per heavy atom. The van der Waals surface area contributed by atoms with Gasteiger partial charge in [-0.05, 0) is 36.2 Å². The normalized spacial score (nSPS) is 12.7. The van der Waals surface area contributed by atoms with Gasteiger partial charge in [0, 0.05) is 21.0 Å². The van der Waals surface area contributed by atoms with Crippen molar-refractivity contribution in [1.29, 1.82) is 0 Å². The van der Waals surface area contributed by atoms with Crippen molar-refractivity contribution < 1.29 is 0 Å². The van der Waals surface area contributed by atoms with E-state index in [1.165, 1.54) is 11.3 Å². The van der Waals surface area contributed by atoms with Crippen molar-refractivity contribution in [3.63, 3.8) is 0 Å². The minimum absolute atomic E-state index is 0.134. The van der Waals surface area contributed by atoms with Crippen LogP contribution in [0.4, 0.5) is 0 Å². The minimum atomic E-state index is -0.134. The summed E-state index contributed by atoms with van der Waals surface area (Å²) < 4.78 is 0.737. The molecule has 2 N–H and O–H groups in total. The smallest absolute Gasteiger partial charge is 0.0931 e. The standard InChI is InChI=1S/C12H10Cl3NS/c13-8-2-1-3-9(14)7(8)6-10(16)11-4-5-12(15)17-11/h1-5,10H,6,16H2. The number of hydrogen-bond acceptors (Lipinski definition) is 2. The largest absolute Gasteiger partial charge is 0.323 e. The van der Waals surface area contributed by atoms with Gasteiger partial charge >= 0.3 is 0 Å². The Labute approximate surface area is 119 Å². The number of benzene rings is 1. The van der Waals surface area contributed by atoms with Crippen LogP contribution >= 0.6 is 46.1 Å². The maximum Gasteiger partial charge on any atom is 0.0931 e. The molecule has 0 saturated carbocycles. The molecule has 5 heteroatoms. The summed E-state index contributed by atoms with van der Waals surface area (Å²) in [6.07, 6.45) is 0.606. The number of nitrogens with two attached hydrogens (primary N) is 1. The van der Waals surface area contributed by atoms with Gasteiger partial charge in [0.05, 0.1) is 4.34 Å². The van der Waals surface area contributed by atoms with Gasteiger partial charge in [-0.3, -0.25) is 0 Å². The van der Waals surface area contributed by atoms with Gasteiger partial charge in [0.25, 0.3) is 0 Å². The molecule has 1 aromatic heterocycles. The first-order chi connectivity index (χ1) is 8.08. The Bertz CT molecular complexity index is 504. The van der Waals surface area contributed by atoms with E-state index in [9.17, 15) is 0 Å². The van der Waals surface area contributed by atoms with E-state index in [2.05, 4.69) is 0 Å². The first-order valence-corrected chi connectivity index (χ1v) is 6.96. The molecule has 1 nitrogen and oxygen atoms in total. The SMILES string of the molecule is NC(Cc1c(Cl)cccc1Cl)c1ccc(Cl)s1. The second kappa shape index (κ2) is 5.59. The lowest BCUT2D eigenvalue weighted by atomic mass is 10.1. The molecule has 1 aromatic carbocycles. The third-order valence-corrected chi connectivity index (χ3v) is 4.52. The highest BCUT2D eigenvalue weighted by Crippen LogP contribution is 2.31. The molecule has 90 valence electrons. The Kier molecular flexibility index (Phi) is 4.34. The van der Waals surface area contributed by atoms with Crippen LogP contribution in [0.25, 0.3) is 0 Å². The molecular formula is C12H10Cl3NS. The number of thiophene rings is 1. The van der Waals surface area contributed by atoms with Crippen LogP contribution in [0.2, 0.25) is 14.4 Å².